The maximum absolute atomic E-state index is 12.2. The summed E-state index contributed by atoms with van der Waals surface area (Å²) in [5, 5.41) is 13.0. The van der Waals surface area contributed by atoms with Gasteiger partial charge in [-0.1, -0.05) is 64.8 Å². The van der Waals surface area contributed by atoms with Gasteiger partial charge in [0, 0.05) is 17.6 Å². The van der Waals surface area contributed by atoms with Gasteiger partial charge in [-0.25, -0.2) is 0 Å². The fourth-order valence-electron chi connectivity index (χ4n) is 2.24. The minimum Gasteiger partial charge on any atom is -0.323 e. The van der Waals surface area contributed by atoms with E-state index in [0.29, 0.717) is 31.7 Å². The first kappa shape index (κ1) is 19.0. The highest BCUT2D eigenvalue weighted by Crippen LogP contribution is 2.30. The predicted molar refractivity (Wildman–Crippen MR) is 107 cm³/mol. The number of amides is 1. The Morgan fingerprint density at radius 3 is 2.50 bits per heavy atom. The van der Waals surface area contributed by atoms with Crippen LogP contribution < -0.4 is 5.32 Å². The zero-order chi connectivity index (χ0) is 18.7. The lowest BCUT2D eigenvalue weighted by Crippen LogP contribution is -2.15. The molecule has 5 nitrogen and oxygen atoms in total. The van der Waals surface area contributed by atoms with Crippen molar-refractivity contribution >= 4 is 58.2 Å². The summed E-state index contributed by atoms with van der Waals surface area (Å²) in [6, 6.07) is 12.4. The van der Waals surface area contributed by atoms with Gasteiger partial charge in [0.25, 0.3) is 0 Å². The zero-order valence-corrected chi connectivity index (χ0v) is 16.6. The molecule has 0 bridgehead atoms. The van der Waals surface area contributed by atoms with Crippen molar-refractivity contribution in [1.29, 1.82) is 0 Å². The molecule has 0 aliphatic rings. The van der Waals surface area contributed by atoms with Crippen LogP contribution in [0.2, 0.25) is 15.1 Å². The van der Waals surface area contributed by atoms with E-state index in [-0.39, 0.29) is 11.7 Å². The molecule has 134 valence electrons. The quantitative estimate of drug-likeness (QED) is 0.570. The van der Waals surface area contributed by atoms with Crippen LogP contribution in [0, 0.1) is 0 Å². The Morgan fingerprint density at radius 2 is 1.81 bits per heavy atom. The van der Waals surface area contributed by atoms with Gasteiger partial charge in [0.05, 0.1) is 21.5 Å². The minimum atomic E-state index is -0.239. The molecular formula is C17H13Cl3N4OS. The van der Waals surface area contributed by atoms with Gasteiger partial charge in [0.15, 0.2) is 11.0 Å². The molecule has 0 aliphatic heterocycles. The molecule has 3 aromatic rings. The Kier molecular flexibility index (Phi) is 6.09. The highest BCUT2D eigenvalue weighted by molar-refractivity contribution is 7.99. The third-order valence-corrected chi connectivity index (χ3v) is 5.36. The molecule has 0 fully saturated rings. The molecule has 3 rings (SSSR count). The number of hydrogen-bond acceptors (Lipinski definition) is 4. The lowest BCUT2D eigenvalue weighted by Gasteiger charge is -2.09. The topological polar surface area (TPSA) is 59.8 Å². The molecule has 0 radical (unpaired) electrons. The van der Waals surface area contributed by atoms with Crippen molar-refractivity contribution in [3.8, 4) is 11.4 Å². The van der Waals surface area contributed by atoms with Crippen LogP contribution in [0.4, 0.5) is 5.69 Å². The Bertz CT molecular complexity index is 941. The number of nitrogens with zero attached hydrogens (tertiary/aromatic N) is 3. The molecule has 2 aromatic carbocycles. The number of carbonyl (C=O) groups is 1. The number of rotatable bonds is 5. The predicted octanol–water partition coefficient (Wildman–Crippen LogP) is 5.17. The molecule has 0 saturated carbocycles. The van der Waals surface area contributed by atoms with Crippen molar-refractivity contribution in [2.75, 3.05) is 11.1 Å². The van der Waals surface area contributed by atoms with Crippen LogP contribution >= 0.6 is 46.6 Å². The van der Waals surface area contributed by atoms with E-state index in [1.807, 2.05) is 29.8 Å². The van der Waals surface area contributed by atoms with E-state index in [4.69, 9.17) is 34.8 Å². The van der Waals surface area contributed by atoms with Crippen LogP contribution in [0.1, 0.15) is 0 Å². The molecule has 0 saturated heterocycles. The number of benzene rings is 2. The van der Waals surface area contributed by atoms with Crippen LogP contribution in [0.25, 0.3) is 11.4 Å². The molecule has 1 N–H and O–H groups in total. The van der Waals surface area contributed by atoms with Gasteiger partial charge in [0.1, 0.15) is 0 Å². The number of nitrogens with one attached hydrogen (secondary N) is 1. The monoisotopic (exact) mass is 426 g/mol. The second-order valence-electron chi connectivity index (χ2n) is 5.31. The first-order valence-corrected chi connectivity index (χ1v) is 9.59. The summed E-state index contributed by atoms with van der Waals surface area (Å²) in [5.41, 5.74) is 1.26. The molecule has 1 aromatic heterocycles. The first-order chi connectivity index (χ1) is 12.5. The molecule has 1 heterocycles. The zero-order valence-electron chi connectivity index (χ0n) is 13.5. The van der Waals surface area contributed by atoms with Crippen molar-refractivity contribution in [2.24, 2.45) is 7.05 Å². The Hall–Kier alpha value is -1.73. The second kappa shape index (κ2) is 8.31. The van der Waals surface area contributed by atoms with Crippen molar-refractivity contribution in [1.82, 2.24) is 14.8 Å². The fraction of sp³-hybridized carbons (Fsp3) is 0.118. The maximum Gasteiger partial charge on any atom is 0.234 e. The number of hydrogen-bond donors (Lipinski definition) is 1. The van der Waals surface area contributed by atoms with Gasteiger partial charge in [-0.3, -0.25) is 4.79 Å². The van der Waals surface area contributed by atoms with E-state index in [1.165, 1.54) is 11.8 Å². The van der Waals surface area contributed by atoms with Crippen molar-refractivity contribution in [2.45, 2.75) is 5.16 Å². The van der Waals surface area contributed by atoms with E-state index in [9.17, 15) is 4.79 Å². The minimum absolute atomic E-state index is 0.142. The van der Waals surface area contributed by atoms with Crippen LogP contribution in [0.5, 0.6) is 0 Å². The molecule has 0 aliphatic carbocycles. The summed E-state index contributed by atoms with van der Waals surface area (Å²) in [6.45, 7) is 0. The third-order valence-electron chi connectivity index (χ3n) is 3.48. The largest absolute Gasteiger partial charge is 0.323 e. The van der Waals surface area contributed by atoms with E-state index in [0.717, 1.165) is 5.56 Å². The molecule has 1 amide bonds. The summed E-state index contributed by atoms with van der Waals surface area (Å²) in [6.07, 6.45) is 0. The van der Waals surface area contributed by atoms with Gasteiger partial charge in [-0.05, 0) is 24.3 Å². The van der Waals surface area contributed by atoms with Gasteiger partial charge in [-0.15, -0.1) is 10.2 Å². The van der Waals surface area contributed by atoms with Crippen LogP contribution in [0.15, 0.2) is 47.6 Å². The maximum atomic E-state index is 12.2. The highest BCUT2D eigenvalue weighted by atomic mass is 35.5. The van der Waals surface area contributed by atoms with E-state index in [2.05, 4.69) is 15.5 Å². The number of carbonyl (C=O) groups excluding carboxylic acids is 1. The van der Waals surface area contributed by atoms with Gasteiger partial charge >= 0.3 is 0 Å². The molecule has 9 heteroatoms. The highest BCUT2D eigenvalue weighted by Gasteiger charge is 2.14. The molecule has 26 heavy (non-hydrogen) atoms. The number of anilines is 1. The average Bonchev–Trinajstić information content (AvgIpc) is 2.97. The van der Waals surface area contributed by atoms with Crippen LogP contribution in [-0.2, 0) is 11.8 Å². The number of thioether (sulfide) groups is 1. The summed E-state index contributed by atoms with van der Waals surface area (Å²) >= 11 is 19.4. The summed E-state index contributed by atoms with van der Waals surface area (Å²) in [7, 11) is 1.83. The normalized spacial score (nSPS) is 10.8. The molecule has 0 atom stereocenters. The summed E-state index contributed by atoms with van der Waals surface area (Å²) in [5.74, 6) is 0.574. The van der Waals surface area contributed by atoms with Gasteiger partial charge < -0.3 is 9.88 Å². The van der Waals surface area contributed by atoms with E-state index < -0.39 is 0 Å². The van der Waals surface area contributed by atoms with Crippen molar-refractivity contribution < 1.29 is 4.79 Å². The lowest BCUT2D eigenvalue weighted by molar-refractivity contribution is -0.113. The van der Waals surface area contributed by atoms with E-state index in [1.54, 1.807) is 24.3 Å². The number of halogens is 3. The van der Waals surface area contributed by atoms with Gasteiger partial charge in [0.2, 0.25) is 5.91 Å². The van der Waals surface area contributed by atoms with Gasteiger partial charge in [-0.2, -0.15) is 0 Å². The lowest BCUT2D eigenvalue weighted by atomic mass is 10.2. The summed E-state index contributed by atoms with van der Waals surface area (Å²) < 4.78 is 1.81. The standard InChI is InChI=1S/C17H13Cl3N4OS/c1-24-16(10-4-2-5-11(18)8-10)22-23-17(24)26-9-14(25)21-15-12(19)6-3-7-13(15)20/h2-8H,9H2,1H3,(H,21,25). The third kappa shape index (κ3) is 4.32. The molecular weight excluding hydrogens is 415 g/mol. The van der Waals surface area contributed by atoms with Crippen molar-refractivity contribution in [3.05, 3.63) is 57.5 Å². The molecule has 0 spiro atoms. The Balaban J connectivity index is 1.68. The number of aromatic nitrogens is 3. The average molecular weight is 428 g/mol. The first-order valence-electron chi connectivity index (χ1n) is 7.47. The Morgan fingerprint density at radius 1 is 1.12 bits per heavy atom. The second-order valence-corrected chi connectivity index (χ2v) is 7.50. The SMILES string of the molecule is Cn1c(SCC(=O)Nc2c(Cl)cccc2Cl)nnc1-c1cccc(Cl)c1. The van der Waals surface area contributed by atoms with E-state index >= 15 is 0 Å². The fourth-order valence-corrected chi connectivity index (χ4v) is 3.64. The van der Waals surface area contributed by atoms with Crippen LogP contribution in [0.3, 0.4) is 0 Å². The Labute approximate surface area is 169 Å². The smallest absolute Gasteiger partial charge is 0.234 e. The van der Waals surface area contributed by atoms with Crippen molar-refractivity contribution in [3.63, 3.8) is 0 Å². The summed E-state index contributed by atoms with van der Waals surface area (Å²) in [4.78, 5) is 12.2. The van der Waals surface area contributed by atoms with Crippen LogP contribution in [-0.4, -0.2) is 26.4 Å². The number of para-hydroxylation sites is 1. The molecule has 0 unspecified atom stereocenters.